The van der Waals surface area contributed by atoms with Crippen molar-refractivity contribution in [2.45, 2.75) is 37.6 Å². The van der Waals surface area contributed by atoms with Crippen molar-refractivity contribution in [3.63, 3.8) is 0 Å². The summed E-state index contributed by atoms with van der Waals surface area (Å²) < 4.78 is 27.0. The highest BCUT2D eigenvalue weighted by Gasteiger charge is 2.22. The molecule has 6 nitrogen and oxygen atoms in total. The van der Waals surface area contributed by atoms with E-state index in [9.17, 15) is 13.2 Å². The molecule has 0 unspecified atom stereocenters. The zero-order valence-electron chi connectivity index (χ0n) is 14.5. The van der Waals surface area contributed by atoms with E-state index in [1.54, 1.807) is 20.8 Å². The molecule has 130 valence electrons. The van der Waals surface area contributed by atoms with Gasteiger partial charge in [0.1, 0.15) is 0 Å². The van der Waals surface area contributed by atoms with Crippen LogP contribution in [0.5, 0.6) is 0 Å². The maximum absolute atomic E-state index is 12.2. The summed E-state index contributed by atoms with van der Waals surface area (Å²) in [5.74, 6) is -0.198. The van der Waals surface area contributed by atoms with E-state index in [0.29, 0.717) is 12.1 Å². The average Bonchev–Trinajstić information content (AvgIpc) is 2.40. The molecule has 0 aromatic heterocycles. The Hall–Kier alpha value is -1.44. The Bertz CT molecular complexity index is 617. The van der Waals surface area contributed by atoms with Gasteiger partial charge in [0, 0.05) is 17.6 Å². The van der Waals surface area contributed by atoms with Gasteiger partial charge in [-0.15, -0.1) is 0 Å². The lowest BCUT2D eigenvalue weighted by Gasteiger charge is -2.20. The topological polar surface area (TPSA) is 78.5 Å². The number of hydrogen-bond donors (Lipinski definition) is 2. The molecule has 0 spiro atoms. The van der Waals surface area contributed by atoms with Gasteiger partial charge in [0.05, 0.1) is 4.90 Å². The highest BCUT2D eigenvalue weighted by molar-refractivity contribution is 7.89. The fourth-order valence-electron chi connectivity index (χ4n) is 1.95. The number of amides is 1. The minimum Gasteiger partial charge on any atom is -0.352 e. The first-order valence-corrected chi connectivity index (χ1v) is 9.06. The second-order valence-corrected chi connectivity index (χ2v) is 8.48. The van der Waals surface area contributed by atoms with Crippen LogP contribution in [0.4, 0.5) is 0 Å². The number of nitrogens with one attached hydrogen (secondary N) is 2. The highest BCUT2D eigenvalue weighted by Crippen LogP contribution is 2.13. The van der Waals surface area contributed by atoms with Crippen molar-refractivity contribution < 1.29 is 13.2 Å². The van der Waals surface area contributed by atoms with Crippen LogP contribution in [-0.4, -0.2) is 51.9 Å². The van der Waals surface area contributed by atoms with Crippen LogP contribution < -0.4 is 10.0 Å². The molecule has 1 rings (SSSR count). The Morgan fingerprint density at radius 3 is 2.17 bits per heavy atom. The standard InChI is InChI=1S/C16H27N3O3S/c1-16(2,3)18-23(21,22)14-9-7-13(8-10-14)15(20)17-11-6-12-19(4)5/h7-10,18H,6,11-12H2,1-5H3,(H,17,20). The van der Waals surface area contributed by atoms with Gasteiger partial charge >= 0.3 is 0 Å². The smallest absolute Gasteiger partial charge is 0.251 e. The van der Waals surface area contributed by atoms with E-state index < -0.39 is 15.6 Å². The van der Waals surface area contributed by atoms with Gasteiger partial charge in [0.25, 0.3) is 5.91 Å². The minimum absolute atomic E-state index is 0.150. The zero-order chi connectivity index (χ0) is 17.7. The molecule has 0 saturated heterocycles. The SMILES string of the molecule is CN(C)CCCNC(=O)c1ccc(S(=O)(=O)NC(C)(C)C)cc1. The Morgan fingerprint density at radius 1 is 1.13 bits per heavy atom. The third kappa shape index (κ3) is 7.11. The molecule has 0 saturated carbocycles. The maximum Gasteiger partial charge on any atom is 0.251 e. The quantitative estimate of drug-likeness (QED) is 0.736. The molecule has 7 heteroatoms. The maximum atomic E-state index is 12.2. The summed E-state index contributed by atoms with van der Waals surface area (Å²) in [6.07, 6.45) is 0.862. The zero-order valence-corrected chi connectivity index (χ0v) is 15.3. The van der Waals surface area contributed by atoms with Gasteiger partial charge in [-0.25, -0.2) is 13.1 Å². The van der Waals surface area contributed by atoms with Crippen molar-refractivity contribution >= 4 is 15.9 Å². The van der Waals surface area contributed by atoms with Crippen LogP contribution in [0.25, 0.3) is 0 Å². The van der Waals surface area contributed by atoms with Gasteiger partial charge < -0.3 is 10.2 Å². The Kier molecular flexibility index (Phi) is 6.73. The van der Waals surface area contributed by atoms with E-state index >= 15 is 0 Å². The van der Waals surface area contributed by atoms with Gasteiger partial charge in [-0.2, -0.15) is 0 Å². The van der Waals surface area contributed by atoms with Crippen molar-refractivity contribution in [3.05, 3.63) is 29.8 Å². The molecule has 1 amide bonds. The first-order valence-electron chi connectivity index (χ1n) is 7.58. The number of sulfonamides is 1. The van der Waals surface area contributed by atoms with E-state index in [1.807, 2.05) is 19.0 Å². The first-order chi connectivity index (χ1) is 10.5. The van der Waals surface area contributed by atoms with Crippen molar-refractivity contribution in [2.24, 2.45) is 0 Å². The summed E-state index contributed by atoms with van der Waals surface area (Å²) in [6.45, 7) is 6.82. The molecule has 1 aromatic rings. The van der Waals surface area contributed by atoms with Crippen molar-refractivity contribution in [1.82, 2.24) is 14.9 Å². The molecule has 0 atom stereocenters. The van der Waals surface area contributed by atoms with Gasteiger partial charge in [0.2, 0.25) is 10.0 Å². The van der Waals surface area contributed by atoms with E-state index in [0.717, 1.165) is 13.0 Å². The Balaban J connectivity index is 2.67. The molecular weight excluding hydrogens is 314 g/mol. The summed E-state index contributed by atoms with van der Waals surface area (Å²) >= 11 is 0. The van der Waals surface area contributed by atoms with E-state index in [2.05, 4.69) is 10.0 Å². The van der Waals surface area contributed by atoms with Crippen molar-refractivity contribution in [2.75, 3.05) is 27.2 Å². The lowest BCUT2D eigenvalue weighted by Crippen LogP contribution is -2.40. The number of carbonyl (C=O) groups is 1. The molecule has 23 heavy (non-hydrogen) atoms. The average molecular weight is 341 g/mol. The normalized spacial score (nSPS) is 12.4. The van der Waals surface area contributed by atoms with E-state index in [4.69, 9.17) is 0 Å². The second-order valence-electron chi connectivity index (χ2n) is 6.79. The molecule has 1 aromatic carbocycles. The van der Waals surface area contributed by atoms with E-state index in [1.165, 1.54) is 24.3 Å². The third-order valence-electron chi connectivity index (χ3n) is 2.94. The van der Waals surface area contributed by atoms with Gasteiger partial charge in [0.15, 0.2) is 0 Å². The van der Waals surface area contributed by atoms with Crippen LogP contribution in [0, 0.1) is 0 Å². The summed E-state index contributed by atoms with van der Waals surface area (Å²) in [4.78, 5) is 14.2. The lowest BCUT2D eigenvalue weighted by atomic mass is 10.1. The molecule has 2 N–H and O–H groups in total. The largest absolute Gasteiger partial charge is 0.352 e. The second kappa shape index (κ2) is 7.90. The predicted molar refractivity (Wildman–Crippen MR) is 92.0 cm³/mol. The van der Waals surface area contributed by atoms with Crippen LogP contribution >= 0.6 is 0 Å². The summed E-state index contributed by atoms with van der Waals surface area (Å²) in [7, 11) is 0.379. The van der Waals surface area contributed by atoms with Crippen molar-refractivity contribution in [3.8, 4) is 0 Å². The third-order valence-corrected chi connectivity index (χ3v) is 4.71. The minimum atomic E-state index is -3.58. The Morgan fingerprint density at radius 2 is 1.70 bits per heavy atom. The van der Waals surface area contributed by atoms with Gasteiger partial charge in [-0.3, -0.25) is 4.79 Å². The summed E-state index contributed by atoms with van der Waals surface area (Å²) in [5, 5.41) is 2.82. The van der Waals surface area contributed by atoms with Crippen LogP contribution in [0.15, 0.2) is 29.2 Å². The molecule has 0 radical (unpaired) electrons. The molecule has 0 aliphatic carbocycles. The number of carbonyl (C=O) groups excluding carboxylic acids is 1. The number of benzene rings is 1. The van der Waals surface area contributed by atoms with Crippen LogP contribution in [0.2, 0.25) is 0 Å². The lowest BCUT2D eigenvalue weighted by molar-refractivity contribution is 0.0952. The van der Waals surface area contributed by atoms with Crippen LogP contribution in [0.1, 0.15) is 37.6 Å². The first kappa shape index (κ1) is 19.6. The molecule has 0 fully saturated rings. The van der Waals surface area contributed by atoms with Gasteiger partial charge in [-0.1, -0.05) is 0 Å². The summed E-state index contributed by atoms with van der Waals surface area (Å²) in [6, 6.07) is 5.95. The molecule has 0 aliphatic heterocycles. The number of nitrogens with zero attached hydrogens (tertiary/aromatic N) is 1. The Labute approximate surface area is 139 Å². The number of rotatable bonds is 7. The molecule has 0 bridgehead atoms. The monoisotopic (exact) mass is 341 g/mol. The van der Waals surface area contributed by atoms with Gasteiger partial charge in [-0.05, 0) is 72.1 Å². The molecule has 0 heterocycles. The molecule has 0 aliphatic rings. The number of hydrogen-bond acceptors (Lipinski definition) is 4. The molecular formula is C16H27N3O3S. The van der Waals surface area contributed by atoms with E-state index in [-0.39, 0.29) is 10.8 Å². The van der Waals surface area contributed by atoms with Crippen molar-refractivity contribution in [1.29, 1.82) is 0 Å². The highest BCUT2D eigenvalue weighted by atomic mass is 32.2. The fourth-order valence-corrected chi connectivity index (χ4v) is 3.37. The summed E-state index contributed by atoms with van der Waals surface area (Å²) in [5.41, 5.74) is -0.106. The predicted octanol–water partition coefficient (Wildman–Crippen LogP) is 1.44. The van der Waals surface area contributed by atoms with Crippen LogP contribution in [-0.2, 0) is 10.0 Å². The van der Waals surface area contributed by atoms with Crippen LogP contribution in [0.3, 0.4) is 0 Å². The fraction of sp³-hybridized carbons (Fsp3) is 0.562.